The van der Waals surface area contributed by atoms with Gasteiger partial charge in [-0.1, -0.05) is 12.1 Å². The number of aryl methyl sites for hydroxylation is 1. The number of nitrogens with one attached hydrogen (secondary N) is 1. The Kier molecular flexibility index (Phi) is 2.99. The Morgan fingerprint density at radius 3 is 2.79 bits per heavy atom. The highest BCUT2D eigenvalue weighted by molar-refractivity contribution is 5.55. The van der Waals surface area contributed by atoms with Crippen molar-refractivity contribution in [3.63, 3.8) is 0 Å². The van der Waals surface area contributed by atoms with Gasteiger partial charge in [0.1, 0.15) is 5.82 Å². The predicted molar refractivity (Wildman–Crippen MR) is 71.0 cm³/mol. The molecule has 0 aliphatic carbocycles. The molecule has 4 heteroatoms. The van der Waals surface area contributed by atoms with Gasteiger partial charge in [-0.25, -0.2) is 4.39 Å². The number of anilines is 1. The smallest absolute Gasteiger partial charge is 0.231 e. The first-order valence-corrected chi connectivity index (χ1v) is 6.11. The van der Waals surface area contributed by atoms with Gasteiger partial charge >= 0.3 is 0 Å². The Morgan fingerprint density at radius 2 is 1.95 bits per heavy atom. The molecule has 0 atom stereocenters. The van der Waals surface area contributed by atoms with E-state index in [9.17, 15) is 4.39 Å². The normalized spacial score (nSPS) is 12.5. The number of fused-ring (bicyclic) bond motifs is 1. The molecular weight excluding hydrogens is 245 g/mol. The topological polar surface area (TPSA) is 30.5 Å². The van der Waals surface area contributed by atoms with Crippen molar-refractivity contribution in [2.45, 2.75) is 13.5 Å². The number of benzene rings is 2. The summed E-state index contributed by atoms with van der Waals surface area (Å²) >= 11 is 0. The summed E-state index contributed by atoms with van der Waals surface area (Å²) < 4.78 is 23.7. The summed E-state index contributed by atoms with van der Waals surface area (Å²) in [6.07, 6.45) is 0. The Labute approximate surface area is 111 Å². The molecule has 1 aliphatic rings. The van der Waals surface area contributed by atoms with E-state index in [1.807, 2.05) is 24.3 Å². The van der Waals surface area contributed by atoms with Crippen LogP contribution in [-0.2, 0) is 6.54 Å². The van der Waals surface area contributed by atoms with Crippen LogP contribution in [0, 0.1) is 12.7 Å². The summed E-state index contributed by atoms with van der Waals surface area (Å²) in [5.41, 5.74) is 2.65. The molecule has 2 aromatic carbocycles. The van der Waals surface area contributed by atoms with Crippen LogP contribution in [0.5, 0.6) is 11.5 Å². The van der Waals surface area contributed by atoms with Crippen molar-refractivity contribution in [1.82, 2.24) is 0 Å². The molecule has 2 aromatic rings. The maximum atomic E-state index is 13.2. The van der Waals surface area contributed by atoms with Gasteiger partial charge in [0, 0.05) is 18.3 Å². The van der Waals surface area contributed by atoms with Crippen LogP contribution in [0.4, 0.5) is 10.1 Å². The number of ether oxygens (including phenoxy) is 2. The quantitative estimate of drug-likeness (QED) is 0.915. The fourth-order valence-electron chi connectivity index (χ4n) is 2.03. The van der Waals surface area contributed by atoms with E-state index in [0.717, 1.165) is 22.7 Å². The van der Waals surface area contributed by atoms with Crippen LogP contribution in [0.1, 0.15) is 11.1 Å². The van der Waals surface area contributed by atoms with Gasteiger partial charge in [0.05, 0.1) is 0 Å². The van der Waals surface area contributed by atoms with Crippen LogP contribution in [0.3, 0.4) is 0 Å². The van der Waals surface area contributed by atoms with Crippen molar-refractivity contribution >= 4 is 5.69 Å². The van der Waals surface area contributed by atoms with E-state index in [1.54, 1.807) is 13.0 Å². The third kappa shape index (κ3) is 2.47. The molecule has 0 spiro atoms. The van der Waals surface area contributed by atoms with Gasteiger partial charge in [-0.05, 0) is 36.2 Å². The molecule has 1 aliphatic heterocycles. The SMILES string of the molecule is Cc1cc(CNc2ccc3c(c2)OCO3)ccc1F. The largest absolute Gasteiger partial charge is 0.454 e. The van der Waals surface area contributed by atoms with Crippen LogP contribution in [-0.4, -0.2) is 6.79 Å². The van der Waals surface area contributed by atoms with Crippen LogP contribution in [0.15, 0.2) is 36.4 Å². The van der Waals surface area contributed by atoms with E-state index < -0.39 is 0 Å². The van der Waals surface area contributed by atoms with Crippen LogP contribution >= 0.6 is 0 Å². The lowest BCUT2D eigenvalue weighted by molar-refractivity contribution is 0.174. The molecule has 0 bridgehead atoms. The van der Waals surface area contributed by atoms with E-state index in [-0.39, 0.29) is 12.6 Å². The molecule has 0 saturated carbocycles. The minimum absolute atomic E-state index is 0.174. The zero-order valence-corrected chi connectivity index (χ0v) is 10.6. The molecule has 0 radical (unpaired) electrons. The number of rotatable bonds is 3. The van der Waals surface area contributed by atoms with Crippen molar-refractivity contribution < 1.29 is 13.9 Å². The summed E-state index contributed by atoms with van der Waals surface area (Å²) in [6, 6.07) is 10.8. The van der Waals surface area contributed by atoms with Gasteiger partial charge in [-0.2, -0.15) is 0 Å². The summed E-state index contributed by atoms with van der Waals surface area (Å²) in [5.74, 6) is 1.34. The standard InChI is InChI=1S/C15H14FNO2/c1-10-6-11(2-4-13(10)16)8-17-12-3-5-14-15(7-12)19-9-18-14/h2-7,17H,8-9H2,1H3. The van der Waals surface area contributed by atoms with E-state index in [2.05, 4.69) is 5.32 Å². The van der Waals surface area contributed by atoms with Crippen molar-refractivity contribution in [1.29, 1.82) is 0 Å². The molecule has 0 unspecified atom stereocenters. The highest BCUT2D eigenvalue weighted by atomic mass is 19.1. The van der Waals surface area contributed by atoms with Gasteiger partial charge in [0.2, 0.25) is 6.79 Å². The molecular formula is C15H14FNO2. The number of hydrogen-bond acceptors (Lipinski definition) is 3. The van der Waals surface area contributed by atoms with Crippen molar-refractivity contribution in [2.75, 3.05) is 12.1 Å². The average molecular weight is 259 g/mol. The van der Waals surface area contributed by atoms with E-state index >= 15 is 0 Å². The molecule has 1 N–H and O–H groups in total. The van der Waals surface area contributed by atoms with Gasteiger partial charge in [-0.15, -0.1) is 0 Å². The molecule has 98 valence electrons. The summed E-state index contributed by atoms with van der Waals surface area (Å²) in [6.45, 7) is 2.68. The minimum atomic E-state index is -0.174. The molecule has 19 heavy (non-hydrogen) atoms. The van der Waals surface area contributed by atoms with Crippen LogP contribution in [0.2, 0.25) is 0 Å². The first-order chi connectivity index (χ1) is 9.22. The monoisotopic (exact) mass is 259 g/mol. The van der Waals surface area contributed by atoms with E-state index in [1.165, 1.54) is 6.07 Å². The second-order valence-electron chi connectivity index (χ2n) is 4.51. The predicted octanol–water partition coefficient (Wildman–Crippen LogP) is 3.47. The second kappa shape index (κ2) is 4.80. The summed E-state index contributed by atoms with van der Waals surface area (Å²) in [5, 5.41) is 3.28. The third-order valence-corrected chi connectivity index (χ3v) is 3.09. The second-order valence-corrected chi connectivity index (χ2v) is 4.51. The van der Waals surface area contributed by atoms with Gasteiger partial charge in [0.15, 0.2) is 11.5 Å². The molecule has 3 nitrogen and oxygen atoms in total. The molecule has 0 amide bonds. The highest BCUT2D eigenvalue weighted by Gasteiger charge is 2.12. The summed E-state index contributed by atoms with van der Waals surface area (Å²) in [4.78, 5) is 0. The van der Waals surface area contributed by atoms with Gasteiger partial charge in [0.25, 0.3) is 0 Å². The third-order valence-electron chi connectivity index (χ3n) is 3.09. The zero-order valence-electron chi connectivity index (χ0n) is 10.6. The zero-order chi connectivity index (χ0) is 13.2. The molecule has 0 aromatic heterocycles. The van der Waals surface area contributed by atoms with Crippen molar-refractivity contribution in [2.24, 2.45) is 0 Å². The maximum Gasteiger partial charge on any atom is 0.231 e. The Balaban J connectivity index is 1.70. The fraction of sp³-hybridized carbons (Fsp3) is 0.200. The molecule has 0 saturated heterocycles. The van der Waals surface area contributed by atoms with Gasteiger partial charge < -0.3 is 14.8 Å². The highest BCUT2D eigenvalue weighted by Crippen LogP contribution is 2.34. The van der Waals surface area contributed by atoms with Gasteiger partial charge in [-0.3, -0.25) is 0 Å². The lowest BCUT2D eigenvalue weighted by Gasteiger charge is -2.08. The van der Waals surface area contributed by atoms with E-state index in [4.69, 9.17) is 9.47 Å². The van der Waals surface area contributed by atoms with Crippen molar-refractivity contribution in [3.8, 4) is 11.5 Å². The summed E-state index contributed by atoms with van der Waals surface area (Å²) in [7, 11) is 0. The Hall–Kier alpha value is -2.23. The fourth-order valence-corrected chi connectivity index (χ4v) is 2.03. The van der Waals surface area contributed by atoms with Crippen LogP contribution < -0.4 is 14.8 Å². The van der Waals surface area contributed by atoms with E-state index in [0.29, 0.717) is 12.1 Å². The number of halogens is 1. The lowest BCUT2D eigenvalue weighted by atomic mass is 10.1. The maximum absolute atomic E-state index is 13.2. The molecule has 1 heterocycles. The first kappa shape index (κ1) is 11.8. The molecule has 3 rings (SSSR count). The average Bonchev–Trinajstić information content (AvgIpc) is 2.87. The Bertz CT molecular complexity index is 613. The lowest BCUT2D eigenvalue weighted by Crippen LogP contribution is -2.00. The van der Waals surface area contributed by atoms with Crippen LogP contribution in [0.25, 0.3) is 0 Å². The van der Waals surface area contributed by atoms with Crippen molar-refractivity contribution in [3.05, 3.63) is 53.3 Å². The molecule has 0 fully saturated rings. The minimum Gasteiger partial charge on any atom is -0.454 e. The first-order valence-electron chi connectivity index (χ1n) is 6.11. The Morgan fingerprint density at radius 1 is 1.11 bits per heavy atom. The number of hydrogen-bond donors (Lipinski definition) is 1.